The Balaban J connectivity index is 1.71. The van der Waals surface area contributed by atoms with Crippen LogP contribution in [-0.4, -0.2) is 9.38 Å². The minimum absolute atomic E-state index is 0.471. The quantitative estimate of drug-likeness (QED) is 0.721. The van der Waals surface area contributed by atoms with Gasteiger partial charge in [0.25, 0.3) is 0 Å². The second kappa shape index (κ2) is 4.10. The maximum Gasteiger partial charge on any atom is 0.193 e. The molecular formula is C12H11N3OS. The van der Waals surface area contributed by atoms with Gasteiger partial charge in [-0.3, -0.25) is 4.40 Å². The van der Waals surface area contributed by atoms with Crippen LogP contribution in [0.5, 0.6) is 5.75 Å². The highest BCUT2D eigenvalue weighted by molar-refractivity contribution is 7.15. The van der Waals surface area contributed by atoms with Crippen molar-refractivity contribution in [3.8, 4) is 5.75 Å². The van der Waals surface area contributed by atoms with E-state index in [4.69, 9.17) is 10.5 Å². The highest BCUT2D eigenvalue weighted by atomic mass is 32.1. The van der Waals surface area contributed by atoms with Gasteiger partial charge in [0.05, 0.1) is 5.69 Å². The number of nitrogen functional groups attached to an aromatic ring is 1. The number of benzene rings is 1. The van der Waals surface area contributed by atoms with E-state index < -0.39 is 0 Å². The lowest BCUT2D eigenvalue weighted by molar-refractivity contribution is 0.302. The molecule has 0 unspecified atom stereocenters. The molecule has 2 N–H and O–H groups in total. The van der Waals surface area contributed by atoms with Gasteiger partial charge >= 0.3 is 0 Å². The Morgan fingerprint density at radius 2 is 2.12 bits per heavy atom. The molecule has 0 fully saturated rings. The van der Waals surface area contributed by atoms with Crippen LogP contribution in [0.2, 0.25) is 0 Å². The van der Waals surface area contributed by atoms with Gasteiger partial charge in [0.1, 0.15) is 12.4 Å². The van der Waals surface area contributed by atoms with Gasteiger partial charge in [0.15, 0.2) is 4.96 Å². The molecule has 3 aromatic rings. The van der Waals surface area contributed by atoms with E-state index in [-0.39, 0.29) is 0 Å². The number of aromatic nitrogens is 2. The number of imidazole rings is 1. The molecule has 17 heavy (non-hydrogen) atoms. The first-order valence-corrected chi connectivity index (χ1v) is 6.09. The monoisotopic (exact) mass is 245 g/mol. The third-order valence-electron chi connectivity index (χ3n) is 2.41. The van der Waals surface area contributed by atoms with Crippen molar-refractivity contribution >= 4 is 22.0 Å². The van der Waals surface area contributed by atoms with Crippen LogP contribution in [0.25, 0.3) is 4.96 Å². The van der Waals surface area contributed by atoms with Crippen molar-refractivity contribution in [2.75, 3.05) is 5.73 Å². The van der Waals surface area contributed by atoms with Crippen LogP contribution in [0, 0.1) is 0 Å². The summed E-state index contributed by atoms with van der Waals surface area (Å²) in [7, 11) is 0. The average molecular weight is 245 g/mol. The molecule has 0 aliphatic carbocycles. The zero-order chi connectivity index (χ0) is 11.7. The minimum Gasteiger partial charge on any atom is -0.487 e. The van der Waals surface area contributed by atoms with Crippen LogP contribution in [0.4, 0.5) is 5.69 Å². The minimum atomic E-state index is 0.471. The second-order valence-corrected chi connectivity index (χ2v) is 4.56. The predicted molar refractivity (Wildman–Crippen MR) is 68.3 cm³/mol. The molecule has 0 amide bonds. The highest BCUT2D eigenvalue weighted by Crippen LogP contribution is 2.16. The Bertz CT molecular complexity index is 598. The standard InChI is InChI=1S/C12H11N3OS/c13-9-1-3-11(4-2-9)16-8-10-7-15-5-6-17-12(15)14-10/h1-7H,8,13H2. The topological polar surface area (TPSA) is 52.5 Å². The van der Waals surface area contributed by atoms with Crippen LogP contribution in [0.1, 0.15) is 5.69 Å². The van der Waals surface area contributed by atoms with Crippen LogP contribution < -0.4 is 10.5 Å². The van der Waals surface area contributed by atoms with E-state index >= 15 is 0 Å². The molecule has 86 valence electrons. The maximum atomic E-state index is 5.62. The van der Waals surface area contributed by atoms with Crippen molar-refractivity contribution in [1.82, 2.24) is 9.38 Å². The smallest absolute Gasteiger partial charge is 0.193 e. The van der Waals surface area contributed by atoms with Gasteiger partial charge in [-0.1, -0.05) is 0 Å². The van der Waals surface area contributed by atoms with Gasteiger partial charge < -0.3 is 10.5 Å². The summed E-state index contributed by atoms with van der Waals surface area (Å²) >= 11 is 1.61. The summed E-state index contributed by atoms with van der Waals surface area (Å²) in [6, 6.07) is 7.35. The van der Waals surface area contributed by atoms with Crippen molar-refractivity contribution in [1.29, 1.82) is 0 Å². The molecule has 2 heterocycles. The number of thiazole rings is 1. The Kier molecular flexibility index (Phi) is 2.45. The molecule has 0 saturated carbocycles. The van der Waals surface area contributed by atoms with Crippen molar-refractivity contribution < 1.29 is 4.74 Å². The van der Waals surface area contributed by atoms with E-state index in [9.17, 15) is 0 Å². The number of ether oxygens (including phenoxy) is 1. The second-order valence-electron chi connectivity index (χ2n) is 3.68. The molecule has 0 radical (unpaired) electrons. The molecule has 0 spiro atoms. The van der Waals surface area contributed by atoms with Crippen LogP contribution >= 0.6 is 11.3 Å². The maximum absolute atomic E-state index is 5.62. The lowest BCUT2D eigenvalue weighted by Gasteiger charge is -2.03. The summed E-state index contributed by atoms with van der Waals surface area (Å²) in [6.45, 7) is 0.471. The van der Waals surface area contributed by atoms with Crippen LogP contribution in [0.3, 0.4) is 0 Å². The zero-order valence-corrected chi connectivity index (χ0v) is 9.85. The van der Waals surface area contributed by atoms with Crippen molar-refractivity contribution in [2.45, 2.75) is 6.61 Å². The van der Waals surface area contributed by atoms with Gasteiger partial charge in [-0.15, -0.1) is 11.3 Å². The van der Waals surface area contributed by atoms with Crippen LogP contribution in [0.15, 0.2) is 42.0 Å². The summed E-state index contributed by atoms with van der Waals surface area (Å²) in [4.78, 5) is 5.42. The molecule has 0 atom stereocenters. The van der Waals surface area contributed by atoms with E-state index in [1.54, 1.807) is 11.3 Å². The Morgan fingerprint density at radius 3 is 2.88 bits per heavy atom. The SMILES string of the molecule is Nc1ccc(OCc2cn3ccsc3n2)cc1. The largest absolute Gasteiger partial charge is 0.487 e. The van der Waals surface area contributed by atoms with E-state index in [0.717, 1.165) is 22.1 Å². The first-order valence-electron chi connectivity index (χ1n) is 5.21. The molecule has 0 aliphatic rings. The average Bonchev–Trinajstić information content (AvgIpc) is 2.88. The fourth-order valence-electron chi connectivity index (χ4n) is 1.57. The number of fused-ring (bicyclic) bond motifs is 1. The fourth-order valence-corrected chi connectivity index (χ4v) is 2.29. The highest BCUT2D eigenvalue weighted by Gasteiger charge is 2.03. The molecule has 4 nitrogen and oxygen atoms in total. The fraction of sp³-hybridized carbons (Fsp3) is 0.0833. The molecule has 0 aliphatic heterocycles. The molecule has 3 rings (SSSR count). The first kappa shape index (κ1) is 10.2. The molecule has 2 aromatic heterocycles. The number of hydrogen-bond donors (Lipinski definition) is 1. The summed E-state index contributed by atoms with van der Waals surface area (Å²) in [6.07, 6.45) is 3.96. The third-order valence-corrected chi connectivity index (χ3v) is 3.18. The van der Waals surface area contributed by atoms with E-state index in [1.165, 1.54) is 0 Å². The summed E-state index contributed by atoms with van der Waals surface area (Å²) < 4.78 is 7.61. The lowest BCUT2D eigenvalue weighted by atomic mass is 10.3. The summed E-state index contributed by atoms with van der Waals surface area (Å²) in [5.41, 5.74) is 7.26. The van der Waals surface area contributed by atoms with Gasteiger partial charge in [0, 0.05) is 23.5 Å². The van der Waals surface area contributed by atoms with Crippen molar-refractivity contribution in [3.63, 3.8) is 0 Å². The van der Waals surface area contributed by atoms with Gasteiger partial charge in [-0.05, 0) is 24.3 Å². The van der Waals surface area contributed by atoms with Crippen molar-refractivity contribution in [3.05, 3.63) is 47.7 Å². The van der Waals surface area contributed by atoms with Gasteiger partial charge in [0.2, 0.25) is 0 Å². The molecule has 1 aromatic carbocycles. The number of rotatable bonds is 3. The Labute approximate surface area is 102 Å². The Hall–Kier alpha value is -2.01. The van der Waals surface area contributed by atoms with Gasteiger partial charge in [-0.25, -0.2) is 4.98 Å². The van der Waals surface area contributed by atoms with E-state index in [0.29, 0.717) is 6.61 Å². The number of anilines is 1. The van der Waals surface area contributed by atoms with Crippen LogP contribution in [-0.2, 0) is 6.61 Å². The summed E-state index contributed by atoms with van der Waals surface area (Å²) in [5.74, 6) is 0.801. The molecule has 5 heteroatoms. The zero-order valence-electron chi connectivity index (χ0n) is 9.04. The first-order chi connectivity index (χ1) is 8.31. The van der Waals surface area contributed by atoms with Gasteiger partial charge in [-0.2, -0.15) is 0 Å². The Morgan fingerprint density at radius 1 is 1.29 bits per heavy atom. The molecular weight excluding hydrogens is 234 g/mol. The normalized spacial score (nSPS) is 10.8. The molecule has 0 bridgehead atoms. The number of nitrogens with zero attached hydrogens (tertiary/aromatic N) is 2. The van der Waals surface area contributed by atoms with E-state index in [2.05, 4.69) is 4.98 Å². The number of hydrogen-bond acceptors (Lipinski definition) is 4. The van der Waals surface area contributed by atoms with Crippen molar-refractivity contribution in [2.24, 2.45) is 0 Å². The predicted octanol–water partition coefficient (Wildman–Crippen LogP) is 2.56. The van der Waals surface area contributed by atoms with E-state index in [1.807, 2.05) is 46.4 Å². The summed E-state index contributed by atoms with van der Waals surface area (Å²) in [5, 5.41) is 2.01. The third kappa shape index (κ3) is 2.09. The lowest BCUT2D eigenvalue weighted by Crippen LogP contribution is -1.95. The molecule has 0 saturated heterocycles. The number of nitrogens with two attached hydrogens (primary N) is 1.